The van der Waals surface area contributed by atoms with Crippen LogP contribution in [0.4, 0.5) is 10.5 Å². The van der Waals surface area contributed by atoms with Crippen LogP contribution >= 0.6 is 0 Å². The molecule has 0 aromatic heterocycles. The van der Waals surface area contributed by atoms with E-state index in [9.17, 15) is 4.79 Å². The SMILES string of the molecule is CC.COc1cc(C)cc(NC(N)=O)c1. The predicted molar refractivity (Wildman–Crippen MR) is 62.3 cm³/mol. The molecule has 2 amide bonds. The summed E-state index contributed by atoms with van der Waals surface area (Å²) in [6.45, 7) is 5.91. The Morgan fingerprint density at radius 2 is 1.93 bits per heavy atom. The standard InChI is InChI=1S/C9H12N2O2.C2H6/c1-6-3-7(11-9(10)12)5-8(4-6)13-2;1-2/h3-5H,1-2H3,(H3,10,11,12);1-2H3. The van der Waals surface area contributed by atoms with Crippen LogP contribution in [0.5, 0.6) is 5.75 Å². The van der Waals surface area contributed by atoms with Crippen LogP contribution in [0, 0.1) is 6.92 Å². The minimum atomic E-state index is -0.576. The van der Waals surface area contributed by atoms with Crippen LogP contribution in [0.1, 0.15) is 19.4 Å². The maximum absolute atomic E-state index is 10.5. The van der Waals surface area contributed by atoms with Gasteiger partial charge in [-0.25, -0.2) is 4.79 Å². The van der Waals surface area contributed by atoms with Gasteiger partial charge in [-0.05, 0) is 24.6 Å². The molecular weight excluding hydrogens is 192 g/mol. The van der Waals surface area contributed by atoms with Gasteiger partial charge in [-0.2, -0.15) is 0 Å². The molecule has 4 heteroatoms. The number of carbonyl (C=O) groups is 1. The molecule has 3 N–H and O–H groups in total. The van der Waals surface area contributed by atoms with Gasteiger partial charge in [0.1, 0.15) is 5.75 Å². The zero-order chi connectivity index (χ0) is 11.8. The van der Waals surface area contributed by atoms with Crippen LogP contribution in [0.25, 0.3) is 0 Å². The fourth-order valence-electron chi connectivity index (χ4n) is 1.08. The number of ether oxygens (including phenoxy) is 1. The lowest BCUT2D eigenvalue weighted by atomic mass is 10.2. The van der Waals surface area contributed by atoms with Crippen molar-refractivity contribution in [1.29, 1.82) is 0 Å². The molecule has 15 heavy (non-hydrogen) atoms. The number of urea groups is 1. The molecule has 0 saturated carbocycles. The van der Waals surface area contributed by atoms with Gasteiger partial charge in [0, 0.05) is 11.8 Å². The average Bonchev–Trinajstić information content (AvgIpc) is 2.18. The second kappa shape index (κ2) is 6.70. The smallest absolute Gasteiger partial charge is 0.316 e. The van der Waals surface area contributed by atoms with Gasteiger partial charge in [0.15, 0.2) is 0 Å². The second-order valence-corrected chi connectivity index (χ2v) is 2.73. The summed E-state index contributed by atoms with van der Waals surface area (Å²) in [7, 11) is 1.57. The van der Waals surface area contributed by atoms with Crippen molar-refractivity contribution in [2.75, 3.05) is 12.4 Å². The number of hydrogen-bond acceptors (Lipinski definition) is 2. The highest BCUT2D eigenvalue weighted by Crippen LogP contribution is 2.19. The van der Waals surface area contributed by atoms with Crippen LogP contribution in [-0.2, 0) is 0 Å². The number of carbonyl (C=O) groups excluding carboxylic acids is 1. The first-order chi connectivity index (χ1) is 7.11. The Labute approximate surface area is 90.4 Å². The lowest BCUT2D eigenvalue weighted by Crippen LogP contribution is -2.19. The number of methoxy groups -OCH3 is 1. The third-order valence-electron chi connectivity index (χ3n) is 1.55. The van der Waals surface area contributed by atoms with Crippen molar-refractivity contribution in [3.8, 4) is 5.75 Å². The van der Waals surface area contributed by atoms with E-state index >= 15 is 0 Å². The number of nitrogens with one attached hydrogen (secondary N) is 1. The Morgan fingerprint density at radius 3 is 2.40 bits per heavy atom. The number of aryl methyl sites for hydroxylation is 1. The number of hydrogen-bond donors (Lipinski definition) is 2. The highest BCUT2D eigenvalue weighted by Gasteiger charge is 1.99. The predicted octanol–water partition coefficient (Wildman–Crippen LogP) is 2.52. The minimum absolute atomic E-state index is 0.576. The van der Waals surface area contributed by atoms with E-state index in [0.29, 0.717) is 11.4 Å². The Bertz CT molecular complexity index is 324. The molecule has 0 saturated heterocycles. The van der Waals surface area contributed by atoms with Crippen LogP contribution in [0.15, 0.2) is 18.2 Å². The van der Waals surface area contributed by atoms with Gasteiger partial charge in [-0.15, -0.1) is 0 Å². The van der Waals surface area contributed by atoms with E-state index in [1.54, 1.807) is 13.2 Å². The van der Waals surface area contributed by atoms with E-state index in [1.165, 1.54) is 0 Å². The van der Waals surface area contributed by atoms with Crippen molar-refractivity contribution in [1.82, 2.24) is 0 Å². The van der Waals surface area contributed by atoms with Crippen molar-refractivity contribution in [3.05, 3.63) is 23.8 Å². The number of amides is 2. The van der Waals surface area contributed by atoms with Crippen LogP contribution < -0.4 is 15.8 Å². The fraction of sp³-hybridized carbons (Fsp3) is 0.364. The van der Waals surface area contributed by atoms with Gasteiger partial charge in [0.2, 0.25) is 0 Å². The zero-order valence-corrected chi connectivity index (χ0v) is 9.63. The normalized spacial score (nSPS) is 8.53. The monoisotopic (exact) mass is 210 g/mol. The summed E-state index contributed by atoms with van der Waals surface area (Å²) in [5.74, 6) is 0.698. The molecular formula is C11H18N2O2. The van der Waals surface area contributed by atoms with Gasteiger partial charge in [-0.3, -0.25) is 0 Å². The molecule has 84 valence electrons. The summed E-state index contributed by atoms with van der Waals surface area (Å²) in [5, 5.41) is 2.48. The maximum atomic E-state index is 10.5. The first kappa shape index (κ1) is 13.3. The Balaban J connectivity index is 0.000000921. The molecule has 1 aromatic rings. The molecule has 0 bridgehead atoms. The minimum Gasteiger partial charge on any atom is -0.497 e. The van der Waals surface area contributed by atoms with Gasteiger partial charge >= 0.3 is 6.03 Å². The highest BCUT2D eigenvalue weighted by atomic mass is 16.5. The molecule has 0 fully saturated rings. The fourth-order valence-corrected chi connectivity index (χ4v) is 1.08. The number of primary amides is 1. The lowest BCUT2D eigenvalue weighted by molar-refractivity contribution is 0.259. The van der Waals surface area contributed by atoms with Crippen LogP contribution in [0.3, 0.4) is 0 Å². The van der Waals surface area contributed by atoms with Crippen molar-refractivity contribution in [2.24, 2.45) is 5.73 Å². The summed E-state index contributed by atoms with van der Waals surface area (Å²) in [6.07, 6.45) is 0. The lowest BCUT2D eigenvalue weighted by Gasteiger charge is -2.06. The van der Waals surface area contributed by atoms with Crippen LogP contribution in [-0.4, -0.2) is 13.1 Å². The van der Waals surface area contributed by atoms with Crippen LogP contribution in [0.2, 0.25) is 0 Å². The number of nitrogens with two attached hydrogens (primary N) is 1. The number of rotatable bonds is 2. The molecule has 0 atom stereocenters. The zero-order valence-electron chi connectivity index (χ0n) is 9.63. The second-order valence-electron chi connectivity index (χ2n) is 2.73. The van der Waals surface area contributed by atoms with Crippen molar-refractivity contribution in [2.45, 2.75) is 20.8 Å². The largest absolute Gasteiger partial charge is 0.497 e. The summed E-state index contributed by atoms with van der Waals surface area (Å²) in [6, 6.07) is 4.81. The molecule has 0 unspecified atom stereocenters. The first-order valence-corrected chi connectivity index (χ1v) is 4.84. The third-order valence-corrected chi connectivity index (χ3v) is 1.55. The topological polar surface area (TPSA) is 64.3 Å². The molecule has 1 aromatic carbocycles. The van der Waals surface area contributed by atoms with Gasteiger partial charge in [0.25, 0.3) is 0 Å². The van der Waals surface area contributed by atoms with E-state index in [1.807, 2.05) is 32.9 Å². The summed E-state index contributed by atoms with van der Waals surface area (Å²) < 4.78 is 5.03. The van der Waals surface area contributed by atoms with Gasteiger partial charge in [-0.1, -0.05) is 13.8 Å². The summed E-state index contributed by atoms with van der Waals surface area (Å²) in [5.41, 5.74) is 6.62. The Kier molecular flexibility index (Phi) is 5.94. The molecule has 1 rings (SSSR count). The average molecular weight is 210 g/mol. The highest BCUT2D eigenvalue weighted by molar-refractivity contribution is 5.88. The molecule has 0 spiro atoms. The van der Waals surface area contributed by atoms with E-state index in [4.69, 9.17) is 10.5 Å². The van der Waals surface area contributed by atoms with Crippen molar-refractivity contribution >= 4 is 11.7 Å². The van der Waals surface area contributed by atoms with E-state index in [-0.39, 0.29) is 0 Å². The van der Waals surface area contributed by atoms with Crippen molar-refractivity contribution < 1.29 is 9.53 Å². The molecule has 0 aliphatic rings. The van der Waals surface area contributed by atoms with Gasteiger partial charge in [0.05, 0.1) is 7.11 Å². The molecule has 0 radical (unpaired) electrons. The number of benzene rings is 1. The summed E-state index contributed by atoms with van der Waals surface area (Å²) in [4.78, 5) is 10.5. The quantitative estimate of drug-likeness (QED) is 0.787. The van der Waals surface area contributed by atoms with E-state index in [0.717, 1.165) is 5.56 Å². The summed E-state index contributed by atoms with van der Waals surface area (Å²) >= 11 is 0. The first-order valence-electron chi connectivity index (χ1n) is 4.84. The van der Waals surface area contributed by atoms with Gasteiger partial charge < -0.3 is 15.8 Å². The molecule has 0 heterocycles. The maximum Gasteiger partial charge on any atom is 0.316 e. The molecule has 4 nitrogen and oxygen atoms in total. The Hall–Kier alpha value is -1.71. The molecule has 0 aliphatic carbocycles. The van der Waals surface area contributed by atoms with E-state index in [2.05, 4.69) is 5.32 Å². The van der Waals surface area contributed by atoms with Crippen molar-refractivity contribution in [3.63, 3.8) is 0 Å². The van der Waals surface area contributed by atoms with E-state index < -0.39 is 6.03 Å². The number of anilines is 1. The third kappa shape index (κ3) is 4.90. The Morgan fingerprint density at radius 1 is 1.33 bits per heavy atom. The molecule has 0 aliphatic heterocycles.